The number of anilines is 1. The second-order valence-electron chi connectivity index (χ2n) is 7.13. The van der Waals surface area contributed by atoms with Gasteiger partial charge in [-0.2, -0.15) is 0 Å². The number of amides is 1. The first kappa shape index (κ1) is 22.0. The molecule has 1 aliphatic rings. The van der Waals surface area contributed by atoms with Crippen LogP contribution in [0, 0.1) is 0 Å². The lowest BCUT2D eigenvalue weighted by molar-refractivity contribution is -0.116. The molecule has 1 unspecified atom stereocenters. The van der Waals surface area contributed by atoms with E-state index in [2.05, 4.69) is 15.3 Å². The molecule has 4 rings (SSSR count). The first-order valence-corrected chi connectivity index (χ1v) is 11.0. The maximum absolute atomic E-state index is 13.0. The van der Waals surface area contributed by atoms with Crippen LogP contribution in [0.4, 0.5) is 5.82 Å². The average molecular weight is 474 g/mol. The molecule has 3 N–H and O–H groups in total. The van der Waals surface area contributed by atoms with Gasteiger partial charge < -0.3 is 24.9 Å². The van der Waals surface area contributed by atoms with Gasteiger partial charge in [-0.15, -0.1) is 0 Å². The Morgan fingerprint density at radius 1 is 1.19 bits per heavy atom. The van der Waals surface area contributed by atoms with Crippen molar-refractivity contribution in [2.45, 2.75) is 23.2 Å². The molecule has 0 aliphatic carbocycles. The minimum atomic E-state index is -0.578. The Labute approximate surface area is 192 Å². The van der Waals surface area contributed by atoms with E-state index in [-0.39, 0.29) is 41.0 Å². The summed E-state index contributed by atoms with van der Waals surface area (Å²) >= 11 is 7.36. The molecule has 10 heteroatoms. The van der Waals surface area contributed by atoms with Crippen molar-refractivity contribution in [3.05, 3.63) is 68.5 Å². The fraction of sp³-hybridized carbons (Fsp3) is 0.227. The Balaban J connectivity index is 1.70. The van der Waals surface area contributed by atoms with Crippen molar-refractivity contribution in [3.63, 3.8) is 0 Å². The summed E-state index contributed by atoms with van der Waals surface area (Å²) in [7, 11) is 2.83. The molecule has 1 aromatic heterocycles. The number of H-pyrrole nitrogens is 1. The molecule has 0 radical (unpaired) electrons. The fourth-order valence-electron chi connectivity index (χ4n) is 3.60. The molecule has 32 heavy (non-hydrogen) atoms. The summed E-state index contributed by atoms with van der Waals surface area (Å²) in [4.78, 5) is 32.7. The van der Waals surface area contributed by atoms with Crippen molar-refractivity contribution >= 4 is 35.1 Å². The van der Waals surface area contributed by atoms with Gasteiger partial charge in [0.1, 0.15) is 5.82 Å². The van der Waals surface area contributed by atoms with Gasteiger partial charge in [0.2, 0.25) is 11.7 Å². The van der Waals surface area contributed by atoms with Crippen LogP contribution in [0.1, 0.15) is 29.0 Å². The van der Waals surface area contributed by atoms with Gasteiger partial charge in [-0.25, -0.2) is 4.98 Å². The van der Waals surface area contributed by atoms with Gasteiger partial charge in [-0.3, -0.25) is 9.59 Å². The van der Waals surface area contributed by atoms with Gasteiger partial charge in [0.05, 0.1) is 19.8 Å². The molecule has 0 spiro atoms. The number of phenols is 1. The SMILES string of the molecule is COc1cc(C2CC(=O)Nc3nc(SCc4cccc(Cl)c4)[nH]c(=O)c32)cc(OC)c1O. The zero-order chi connectivity index (χ0) is 22.8. The largest absolute Gasteiger partial charge is 0.502 e. The number of carbonyl (C=O) groups is 1. The van der Waals surface area contributed by atoms with E-state index < -0.39 is 5.92 Å². The normalized spacial score (nSPS) is 15.1. The number of nitrogens with one attached hydrogen (secondary N) is 2. The summed E-state index contributed by atoms with van der Waals surface area (Å²) in [5.74, 6) is 0.137. The molecule has 8 nitrogen and oxygen atoms in total. The minimum absolute atomic E-state index is 0.0455. The van der Waals surface area contributed by atoms with Gasteiger partial charge in [0, 0.05) is 23.1 Å². The molecule has 166 valence electrons. The van der Waals surface area contributed by atoms with E-state index in [1.165, 1.54) is 26.0 Å². The Morgan fingerprint density at radius 3 is 2.56 bits per heavy atom. The number of phenolic OH excluding ortho intramolecular Hbond substituents is 1. The van der Waals surface area contributed by atoms with Crippen molar-refractivity contribution in [1.82, 2.24) is 9.97 Å². The zero-order valence-corrected chi connectivity index (χ0v) is 18.8. The van der Waals surface area contributed by atoms with Crippen LogP contribution >= 0.6 is 23.4 Å². The molecule has 2 aromatic carbocycles. The standard InChI is InChI=1S/C22H20ClN3O5S/c1-30-15-7-12(8-16(31-2)19(15)28)14-9-17(27)24-20-18(14)21(29)26-22(25-20)32-10-11-4-3-5-13(23)6-11/h3-8,14,28H,9-10H2,1-2H3,(H2,24,25,26,27,29). The van der Waals surface area contributed by atoms with Crippen molar-refractivity contribution in [2.75, 3.05) is 19.5 Å². The average Bonchev–Trinajstić information content (AvgIpc) is 2.77. The van der Waals surface area contributed by atoms with E-state index >= 15 is 0 Å². The Bertz CT molecular complexity index is 1220. The first-order chi connectivity index (χ1) is 15.4. The third-order valence-corrected chi connectivity index (χ3v) is 6.28. The van der Waals surface area contributed by atoms with Crippen LogP contribution in [-0.4, -0.2) is 35.2 Å². The summed E-state index contributed by atoms with van der Waals surface area (Å²) in [5, 5.41) is 13.9. The van der Waals surface area contributed by atoms with Gasteiger partial charge in [-0.1, -0.05) is 35.5 Å². The third kappa shape index (κ3) is 4.39. The third-order valence-electron chi connectivity index (χ3n) is 5.10. The molecule has 0 bridgehead atoms. The van der Waals surface area contributed by atoms with Gasteiger partial charge >= 0.3 is 0 Å². The molecule has 2 heterocycles. The highest BCUT2D eigenvalue weighted by atomic mass is 35.5. The van der Waals surface area contributed by atoms with E-state index in [1.807, 2.05) is 18.2 Å². The predicted molar refractivity (Wildman–Crippen MR) is 122 cm³/mol. The number of benzene rings is 2. The van der Waals surface area contributed by atoms with E-state index in [0.717, 1.165) is 5.56 Å². The van der Waals surface area contributed by atoms with E-state index in [9.17, 15) is 14.7 Å². The highest BCUT2D eigenvalue weighted by Crippen LogP contribution is 2.43. The number of carbonyl (C=O) groups excluding carboxylic acids is 1. The summed E-state index contributed by atoms with van der Waals surface area (Å²) in [6.45, 7) is 0. The number of aromatic hydroxyl groups is 1. The molecular formula is C22H20ClN3O5S. The molecule has 0 saturated heterocycles. The van der Waals surface area contributed by atoms with Gasteiger partial charge in [0.15, 0.2) is 16.7 Å². The topological polar surface area (TPSA) is 114 Å². The molecule has 1 amide bonds. The number of aromatic amines is 1. The molecule has 3 aromatic rings. The van der Waals surface area contributed by atoms with Crippen molar-refractivity contribution < 1.29 is 19.4 Å². The molecule has 1 atom stereocenters. The smallest absolute Gasteiger partial charge is 0.257 e. The lowest BCUT2D eigenvalue weighted by atomic mass is 9.86. The Hall–Kier alpha value is -3.17. The van der Waals surface area contributed by atoms with Gasteiger partial charge in [-0.05, 0) is 35.4 Å². The highest BCUT2D eigenvalue weighted by Gasteiger charge is 2.32. The summed E-state index contributed by atoms with van der Waals surface area (Å²) in [6, 6.07) is 10.6. The first-order valence-electron chi connectivity index (χ1n) is 9.65. The number of hydrogen-bond acceptors (Lipinski definition) is 7. The van der Waals surface area contributed by atoms with Crippen LogP contribution in [-0.2, 0) is 10.5 Å². The van der Waals surface area contributed by atoms with Crippen molar-refractivity contribution in [2.24, 2.45) is 0 Å². The lowest BCUT2D eigenvalue weighted by Gasteiger charge is -2.25. The maximum atomic E-state index is 13.0. The second kappa shape index (κ2) is 9.13. The van der Waals surface area contributed by atoms with Crippen molar-refractivity contribution in [1.29, 1.82) is 0 Å². The van der Waals surface area contributed by atoms with Crippen LogP contribution in [0.25, 0.3) is 0 Å². The highest BCUT2D eigenvalue weighted by molar-refractivity contribution is 7.98. The van der Waals surface area contributed by atoms with Crippen molar-refractivity contribution in [3.8, 4) is 17.2 Å². The predicted octanol–water partition coefficient (Wildman–Crippen LogP) is 3.91. The number of halogens is 1. The quantitative estimate of drug-likeness (QED) is 0.367. The van der Waals surface area contributed by atoms with Crippen LogP contribution in [0.15, 0.2) is 46.3 Å². The zero-order valence-electron chi connectivity index (χ0n) is 17.3. The monoisotopic (exact) mass is 473 g/mol. The lowest BCUT2D eigenvalue weighted by Crippen LogP contribution is -2.31. The van der Waals surface area contributed by atoms with Crippen LogP contribution in [0.2, 0.25) is 5.02 Å². The maximum Gasteiger partial charge on any atom is 0.257 e. The number of fused-ring (bicyclic) bond motifs is 1. The second-order valence-corrected chi connectivity index (χ2v) is 8.53. The van der Waals surface area contributed by atoms with Crippen LogP contribution < -0.4 is 20.3 Å². The fourth-order valence-corrected chi connectivity index (χ4v) is 4.61. The van der Waals surface area contributed by atoms with Crippen LogP contribution in [0.5, 0.6) is 17.2 Å². The minimum Gasteiger partial charge on any atom is -0.502 e. The molecule has 0 fully saturated rings. The summed E-state index contributed by atoms with van der Waals surface area (Å²) in [6.07, 6.45) is 0.0455. The number of aromatic nitrogens is 2. The number of methoxy groups -OCH3 is 2. The summed E-state index contributed by atoms with van der Waals surface area (Å²) in [5.41, 5.74) is 1.57. The van der Waals surface area contributed by atoms with E-state index in [0.29, 0.717) is 27.1 Å². The number of thioether (sulfide) groups is 1. The summed E-state index contributed by atoms with van der Waals surface area (Å²) < 4.78 is 10.4. The number of nitrogens with zero attached hydrogens (tertiary/aromatic N) is 1. The van der Waals surface area contributed by atoms with Gasteiger partial charge in [0.25, 0.3) is 5.56 Å². The Morgan fingerprint density at radius 2 is 1.91 bits per heavy atom. The Kier molecular flexibility index (Phi) is 6.29. The molecular weight excluding hydrogens is 454 g/mol. The van der Waals surface area contributed by atoms with E-state index in [4.69, 9.17) is 21.1 Å². The van der Waals surface area contributed by atoms with E-state index in [1.54, 1.807) is 18.2 Å². The van der Waals surface area contributed by atoms with Crippen LogP contribution in [0.3, 0.4) is 0 Å². The molecule has 1 aliphatic heterocycles. The molecule has 0 saturated carbocycles. The number of ether oxygens (including phenoxy) is 2. The number of rotatable bonds is 6. The number of hydrogen-bond donors (Lipinski definition) is 3.